The van der Waals surface area contributed by atoms with E-state index in [0.717, 1.165) is 0 Å². The van der Waals surface area contributed by atoms with Gasteiger partial charge in [0.1, 0.15) is 4.90 Å². The minimum Gasteiger partial charge on any atom is -0.338 e. The minimum absolute atomic E-state index is 0.0123. The summed E-state index contributed by atoms with van der Waals surface area (Å²) in [6.07, 6.45) is 0. The molecule has 2 N–H and O–H groups in total. The van der Waals surface area contributed by atoms with Crippen LogP contribution in [-0.4, -0.2) is 32.3 Å². The summed E-state index contributed by atoms with van der Waals surface area (Å²) in [6, 6.07) is 4.15. The van der Waals surface area contributed by atoms with E-state index in [0.29, 0.717) is 24.9 Å². The molecule has 124 valence electrons. The Labute approximate surface area is 137 Å². The molecular formula is C15H23ClN2O3S. The van der Waals surface area contributed by atoms with Gasteiger partial charge in [-0.3, -0.25) is 4.79 Å². The first kappa shape index (κ1) is 18.9. The third-order valence-electron chi connectivity index (χ3n) is 2.94. The smallest absolute Gasteiger partial charge is 0.253 e. The lowest BCUT2D eigenvalue weighted by molar-refractivity contribution is 0.0715. The van der Waals surface area contributed by atoms with Gasteiger partial charge in [-0.25, -0.2) is 13.6 Å². The van der Waals surface area contributed by atoms with Crippen LogP contribution in [0.15, 0.2) is 23.1 Å². The molecule has 0 aliphatic rings. The molecule has 22 heavy (non-hydrogen) atoms. The molecule has 0 aromatic heterocycles. The molecule has 0 saturated heterocycles. The topological polar surface area (TPSA) is 80.5 Å². The Morgan fingerprint density at radius 3 is 2.09 bits per heavy atom. The molecule has 5 nitrogen and oxygen atoms in total. The third-order valence-corrected chi connectivity index (χ3v) is 4.34. The number of nitrogens with zero attached hydrogens (tertiary/aromatic N) is 1. The first-order valence-electron chi connectivity index (χ1n) is 7.14. The van der Waals surface area contributed by atoms with E-state index in [4.69, 9.17) is 16.7 Å². The van der Waals surface area contributed by atoms with E-state index in [2.05, 4.69) is 0 Å². The fraction of sp³-hybridized carbons (Fsp3) is 0.533. The average molecular weight is 347 g/mol. The van der Waals surface area contributed by atoms with Crippen LogP contribution in [0.25, 0.3) is 0 Å². The highest BCUT2D eigenvalue weighted by Crippen LogP contribution is 2.22. The van der Waals surface area contributed by atoms with Crippen LogP contribution >= 0.6 is 11.6 Å². The normalized spacial score (nSPS) is 12.0. The number of hydrogen-bond donors (Lipinski definition) is 1. The van der Waals surface area contributed by atoms with Crippen LogP contribution in [0.4, 0.5) is 0 Å². The van der Waals surface area contributed by atoms with Crippen LogP contribution in [-0.2, 0) is 10.0 Å². The number of halogens is 1. The van der Waals surface area contributed by atoms with Gasteiger partial charge in [0.25, 0.3) is 5.91 Å². The molecule has 1 rings (SSSR count). The van der Waals surface area contributed by atoms with E-state index in [-0.39, 0.29) is 21.4 Å². The van der Waals surface area contributed by atoms with Crippen molar-refractivity contribution in [2.24, 2.45) is 17.0 Å². The maximum absolute atomic E-state index is 12.7. The lowest BCUT2D eigenvalue weighted by Gasteiger charge is -2.26. The first-order valence-corrected chi connectivity index (χ1v) is 9.06. The number of carbonyl (C=O) groups excluding carboxylic acids is 1. The zero-order valence-electron chi connectivity index (χ0n) is 13.3. The van der Waals surface area contributed by atoms with Gasteiger partial charge in [-0.2, -0.15) is 0 Å². The highest BCUT2D eigenvalue weighted by molar-refractivity contribution is 7.89. The molecule has 0 heterocycles. The van der Waals surface area contributed by atoms with Crippen molar-refractivity contribution in [1.29, 1.82) is 0 Å². The number of sulfonamides is 1. The summed E-state index contributed by atoms with van der Waals surface area (Å²) in [5, 5.41) is 5.14. The largest absolute Gasteiger partial charge is 0.338 e. The van der Waals surface area contributed by atoms with Crippen LogP contribution in [0.3, 0.4) is 0 Å². The van der Waals surface area contributed by atoms with Crippen molar-refractivity contribution in [3.63, 3.8) is 0 Å². The van der Waals surface area contributed by atoms with Crippen LogP contribution in [0, 0.1) is 11.8 Å². The second kappa shape index (κ2) is 7.44. The Balaban J connectivity index is 3.19. The van der Waals surface area contributed by atoms with Gasteiger partial charge in [0.15, 0.2) is 0 Å². The summed E-state index contributed by atoms with van der Waals surface area (Å²) in [4.78, 5) is 14.2. The standard InChI is InChI=1S/C15H23ClN2O3S/c1-10(2)8-18(9-11(3)4)15(19)12-5-6-13(16)14(7-12)22(17,20)21/h5-7,10-11H,8-9H2,1-4H3,(H2,17,20,21). The van der Waals surface area contributed by atoms with Gasteiger partial charge in [-0.15, -0.1) is 0 Å². The van der Waals surface area contributed by atoms with E-state index < -0.39 is 10.0 Å². The van der Waals surface area contributed by atoms with Crippen molar-refractivity contribution >= 4 is 27.5 Å². The van der Waals surface area contributed by atoms with Crippen LogP contribution in [0.1, 0.15) is 38.1 Å². The van der Waals surface area contributed by atoms with Crippen molar-refractivity contribution in [3.8, 4) is 0 Å². The third kappa shape index (κ3) is 5.26. The van der Waals surface area contributed by atoms with E-state index in [9.17, 15) is 13.2 Å². The van der Waals surface area contributed by atoms with Crippen LogP contribution in [0.5, 0.6) is 0 Å². The predicted molar refractivity (Wildman–Crippen MR) is 88.4 cm³/mol. The van der Waals surface area contributed by atoms with Crippen LogP contribution in [0.2, 0.25) is 5.02 Å². The molecule has 7 heteroatoms. The molecule has 0 fully saturated rings. The average Bonchev–Trinajstić information content (AvgIpc) is 2.35. The van der Waals surface area contributed by atoms with Gasteiger partial charge in [-0.1, -0.05) is 39.3 Å². The van der Waals surface area contributed by atoms with E-state index in [1.54, 1.807) is 4.90 Å². The van der Waals surface area contributed by atoms with Crippen molar-refractivity contribution in [2.45, 2.75) is 32.6 Å². The molecule has 0 atom stereocenters. The Morgan fingerprint density at radius 1 is 1.18 bits per heavy atom. The molecular weight excluding hydrogens is 324 g/mol. The summed E-state index contributed by atoms with van der Waals surface area (Å²) >= 11 is 5.85. The lowest BCUT2D eigenvalue weighted by atomic mass is 10.1. The molecule has 0 spiro atoms. The quantitative estimate of drug-likeness (QED) is 0.859. The molecule has 0 bridgehead atoms. The Morgan fingerprint density at radius 2 is 1.68 bits per heavy atom. The fourth-order valence-corrected chi connectivity index (χ4v) is 3.23. The number of rotatable bonds is 6. The van der Waals surface area contributed by atoms with Gasteiger partial charge in [0.05, 0.1) is 5.02 Å². The number of nitrogens with two attached hydrogens (primary N) is 1. The predicted octanol–water partition coefficient (Wildman–Crippen LogP) is 2.74. The summed E-state index contributed by atoms with van der Waals surface area (Å²) in [5.41, 5.74) is 0.273. The maximum Gasteiger partial charge on any atom is 0.253 e. The fourth-order valence-electron chi connectivity index (χ4n) is 2.16. The Hall–Kier alpha value is -1.11. The lowest BCUT2D eigenvalue weighted by Crippen LogP contribution is -2.37. The zero-order valence-corrected chi connectivity index (χ0v) is 14.9. The number of carbonyl (C=O) groups is 1. The van der Waals surface area contributed by atoms with Crippen molar-refractivity contribution in [2.75, 3.05) is 13.1 Å². The Kier molecular flexibility index (Phi) is 6.40. The molecule has 0 saturated carbocycles. The molecule has 0 unspecified atom stereocenters. The SMILES string of the molecule is CC(C)CN(CC(C)C)C(=O)c1ccc(Cl)c(S(N)(=O)=O)c1. The highest BCUT2D eigenvalue weighted by Gasteiger charge is 2.21. The summed E-state index contributed by atoms with van der Waals surface area (Å²) in [6.45, 7) is 9.31. The summed E-state index contributed by atoms with van der Waals surface area (Å²) < 4.78 is 23.0. The summed E-state index contributed by atoms with van der Waals surface area (Å²) in [5.74, 6) is 0.407. The van der Waals surface area contributed by atoms with E-state index in [1.165, 1.54) is 18.2 Å². The Bertz CT molecular complexity index is 632. The second-order valence-electron chi connectivity index (χ2n) is 6.19. The van der Waals surface area contributed by atoms with Gasteiger partial charge >= 0.3 is 0 Å². The van der Waals surface area contributed by atoms with Gasteiger partial charge in [0, 0.05) is 18.7 Å². The van der Waals surface area contributed by atoms with Crippen LogP contribution < -0.4 is 5.14 Å². The van der Waals surface area contributed by atoms with E-state index in [1.807, 2.05) is 27.7 Å². The van der Waals surface area contributed by atoms with Crippen molar-refractivity contribution < 1.29 is 13.2 Å². The molecule has 1 aromatic rings. The number of hydrogen-bond acceptors (Lipinski definition) is 3. The number of benzene rings is 1. The van der Waals surface area contributed by atoms with Crippen molar-refractivity contribution in [1.82, 2.24) is 4.90 Å². The maximum atomic E-state index is 12.7. The van der Waals surface area contributed by atoms with Crippen molar-refractivity contribution in [3.05, 3.63) is 28.8 Å². The molecule has 1 aromatic carbocycles. The highest BCUT2D eigenvalue weighted by atomic mass is 35.5. The van der Waals surface area contributed by atoms with Gasteiger partial charge < -0.3 is 4.90 Å². The molecule has 0 aliphatic carbocycles. The van der Waals surface area contributed by atoms with E-state index >= 15 is 0 Å². The second-order valence-corrected chi connectivity index (χ2v) is 8.13. The molecule has 0 aliphatic heterocycles. The zero-order chi connectivity index (χ0) is 17.1. The monoisotopic (exact) mass is 346 g/mol. The number of primary sulfonamides is 1. The van der Waals surface area contributed by atoms with Gasteiger partial charge in [-0.05, 0) is 30.0 Å². The van der Waals surface area contributed by atoms with Gasteiger partial charge in [0.2, 0.25) is 10.0 Å². The first-order chi connectivity index (χ1) is 10.0. The minimum atomic E-state index is -3.96. The summed E-state index contributed by atoms with van der Waals surface area (Å²) in [7, 11) is -3.96. The molecule has 1 amide bonds. The molecule has 0 radical (unpaired) electrons. The number of amides is 1.